The molecule has 1 aromatic carbocycles. The molecule has 0 fully saturated rings. The van der Waals surface area contributed by atoms with Crippen LogP contribution < -0.4 is 4.74 Å². The Bertz CT molecular complexity index is 499. The summed E-state index contributed by atoms with van der Waals surface area (Å²) in [4.78, 5) is 0. The van der Waals surface area contributed by atoms with Crippen molar-refractivity contribution in [2.45, 2.75) is 31.3 Å². The van der Waals surface area contributed by atoms with E-state index < -0.39 is 49.0 Å². The molecule has 1 aromatic rings. The first-order valence-corrected chi connectivity index (χ1v) is 5.68. The van der Waals surface area contributed by atoms with Gasteiger partial charge in [-0.2, -0.15) is 13.2 Å². The number of halogens is 6. The van der Waals surface area contributed by atoms with Gasteiger partial charge in [0.2, 0.25) is 0 Å². The molecule has 2 unspecified atom stereocenters. The lowest BCUT2D eigenvalue weighted by molar-refractivity contribution is -0.139. The van der Waals surface area contributed by atoms with Gasteiger partial charge in [-0.25, -0.2) is 13.2 Å². The van der Waals surface area contributed by atoms with Crippen molar-refractivity contribution in [2.75, 3.05) is 6.61 Å². The van der Waals surface area contributed by atoms with E-state index in [4.69, 9.17) is 0 Å². The first-order chi connectivity index (χ1) is 9.21. The molecule has 2 rings (SSSR count). The molecule has 0 spiro atoms. The molecule has 1 aliphatic carbocycles. The van der Waals surface area contributed by atoms with Gasteiger partial charge in [-0.1, -0.05) is 0 Å². The Kier molecular flexibility index (Phi) is 3.86. The van der Waals surface area contributed by atoms with Gasteiger partial charge in [0.25, 0.3) is 6.43 Å². The summed E-state index contributed by atoms with van der Waals surface area (Å²) in [6.07, 6.45) is -11.9. The van der Waals surface area contributed by atoms with Gasteiger partial charge in [0.1, 0.15) is 24.6 Å². The summed E-state index contributed by atoms with van der Waals surface area (Å²) in [6, 6.07) is 1.47. The normalized spacial score (nSPS) is 22.2. The first-order valence-electron chi connectivity index (χ1n) is 5.68. The van der Waals surface area contributed by atoms with Crippen LogP contribution in [0.2, 0.25) is 0 Å². The van der Waals surface area contributed by atoms with Gasteiger partial charge < -0.3 is 9.84 Å². The van der Waals surface area contributed by atoms with Crippen LogP contribution in [-0.2, 0) is 12.6 Å². The summed E-state index contributed by atoms with van der Waals surface area (Å²) in [5.41, 5.74) is -2.01. The highest BCUT2D eigenvalue weighted by atomic mass is 19.4. The number of hydrogen-bond acceptors (Lipinski definition) is 2. The minimum atomic E-state index is -4.77. The second-order valence-corrected chi connectivity index (χ2v) is 4.37. The number of benzene rings is 1. The molecule has 0 saturated carbocycles. The molecule has 0 heterocycles. The number of rotatable bonds is 3. The summed E-state index contributed by atoms with van der Waals surface area (Å²) in [5, 5.41) is 9.52. The lowest BCUT2D eigenvalue weighted by Crippen LogP contribution is -2.14. The maximum atomic E-state index is 13.4. The third-order valence-electron chi connectivity index (χ3n) is 3.02. The predicted molar refractivity (Wildman–Crippen MR) is 56.5 cm³/mol. The Balaban J connectivity index is 2.46. The lowest BCUT2D eigenvalue weighted by Gasteiger charge is -2.17. The third kappa shape index (κ3) is 2.70. The zero-order chi connectivity index (χ0) is 15.1. The smallest absolute Gasteiger partial charge is 0.416 e. The van der Waals surface area contributed by atoms with E-state index in [0.29, 0.717) is 6.07 Å². The molecule has 2 nitrogen and oxygen atoms in total. The van der Waals surface area contributed by atoms with Crippen molar-refractivity contribution in [3.8, 4) is 5.75 Å². The molecule has 0 aromatic heterocycles. The maximum Gasteiger partial charge on any atom is 0.416 e. The van der Waals surface area contributed by atoms with Gasteiger partial charge in [0.15, 0.2) is 0 Å². The highest BCUT2D eigenvalue weighted by Crippen LogP contribution is 2.45. The predicted octanol–water partition coefficient (Wildman–Crippen LogP) is 3.28. The lowest BCUT2D eigenvalue weighted by atomic mass is 10.0. The number of hydrogen-bond donors (Lipinski definition) is 1. The van der Waals surface area contributed by atoms with Crippen molar-refractivity contribution < 1.29 is 36.2 Å². The topological polar surface area (TPSA) is 29.5 Å². The van der Waals surface area contributed by atoms with E-state index in [1.165, 1.54) is 0 Å². The number of alkyl halides is 6. The van der Waals surface area contributed by atoms with E-state index in [9.17, 15) is 31.4 Å². The van der Waals surface area contributed by atoms with Gasteiger partial charge in [-0.05, 0) is 12.1 Å². The minimum absolute atomic E-state index is 0.208. The Labute approximate surface area is 110 Å². The van der Waals surface area contributed by atoms with Crippen molar-refractivity contribution in [2.24, 2.45) is 0 Å². The molecule has 0 amide bonds. The summed E-state index contributed by atoms with van der Waals surface area (Å²) in [7, 11) is 0. The fourth-order valence-electron chi connectivity index (χ4n) is 2.22. The van der Waals surface area contributed by atoms with Crippen LogP contribution >= 0.6 is 0 Å². The van der Waals surface area contributed by atoms with Crippen molar-refractivity contribution in [3.63, 3.8) is 0 Å². The fraction of sp³-hybridized carbons (Fsp3) is 0.500. The van der Waals surface area contributed by atoms with E-state index in [-0.39, 0.29) is 11.3 Å². The Hall–Kier alpha value is -1.44. The Morgan fingerprint density at radius 2 is 1.95 bits per heavy atom. The Morgan fingerprint density at radius 1 is 1.30 bits per heavy atom. The van der Waals surface area contributed by atoms with Gasteiger partial charge in [0, 0.05) is 17.5 Å². The highest BCUT2D eigenvalue weighted by Gasteiger charge is 2.43. The van der Waals surface area contributed by atoms with Crippen LogP contribution in [0.4, 0.5) is 26.3 Å². The monoisotopic (exact) mass is 300 g/mol. The quantitative estimate of drug-likeness (QED) is 0.868. The second-order valence-electron chi connectivity index (χ2n) is 4.37. The zero-order valence-electron chi connectivity index (χ0n) is 9.92. The molecular formula is C12H10F6O2. The van der Waals surface area contributed by atoms with Gasteiger partial charge in [0.05, 0.1) is 5.56 Å². The number of ether oxygens (including phenoxy) is 1. The number of aliphatic hydroxyl groups excluding tert-OH is 1. The summed E-state index contributed by atoms with van der Waals surface area (Å²) in [6.45, 7) is -1.01. The van der Waals surface area contributed by atoms with Crippen LogP contribution in [0, 0.1) is 0 Å². The van der Waals surface area contributed by atoms with E-state index in [0.717, 1.165) is 6.07 Å². The van der Waals surface area contributed by atoms with E-state index >= 15 is 0 Å². The molecule has 2 atom stereocenters. The van der Waals surface area contributed by atoms with Crippen LogP contribution in [-0.4, -0.2) is 24.3 Å². The molecule has 0 saturated heterocycles. The number of aliphatic hydroxyl groups is 1. The van der Waals surface area contributed by atoms with Crippen molar-refractivity contribution in [3.05, 3.63) is 28.8 Å². The van der Waals surface area contributed by atoms with E-state index in [2.05, 4.69) is 4.74 Å². The minimum Gasteiger partial charge on any atom is -0.487 e. The summed E-state index contributed by atoms with van der Waals surface area (Å²) < 4.78 is 80.6. The average molecular weight is 300 g/mol. The van der Waals surface area contributed by atoms with Gasteiger partial charge in [-0.3, -0.25) is 0 Å². The summed E-state index contributed by atoms with van der Waals surface area (Å²) in [5.74, 6) is -0.257. The van der Waals surface area contributed by atoms with Gasteiger partial charge >= 0.3 is 6.18 Å². The molecule has 112 valence electrons. The first kappa shape index (κ1) is 15.0. The van der Waals surface area contributed by atoms with Crippen LogP contribution in [0.25, 0.3) is 0 Å². The van der Waals surface area contributed by atoms with Crippen molar-refractivity contribution >= 4 is 0 Å². The standard InChI is InChI=1S/C12H10F6O2/c13-7-3-5-8(20-4-9(14)15)2-1-6(12(16,17)18)10(5)11(7)19/h1-2,7,9,11,19H,3-4H2. The zero-order valence-corrected chi connectivity index (χ0v) is 9.92. The molecule has 0 radical (unpaired) electrons. The van der Waals surface area contributed by atoms with Crippen LogP contribution in [0.3, 0.4) is 0 Å². The third-order valence-corrected chi connectivity index (χ3v) is 3.02. The highest BCUT2D eigenvalue weighted by molar-refractivity contribution is 5.51. The van der Waals surface area contributed by atoms with E-state index in [1.807, 2.05) is 0 Å². The molecule has 1 aliphatic rings. The largest absolute Gasteiger partial charge is 0.487 e. The Morgan fingerprint density at radius 3 is 2.50 bits per heavy atom. The molecule has 0 bridgehead atoms. The molecule has 8 heteroatoms. The van der Waals surface area contributed by atoms with Crippen LogP contribution in [0.1, 0.15) is 22.8 Å². The average Bonchev–Trinajstić information content (AvgIpc) is 2.62. The van der Waals surface area contributed by atoms with Gasteiger partial charge in [-0.15, -0.1) is 0 Å². The maximum absolute atomic E-state index is 13.4. The number of fused-ring (bicyclic) bond motifs is 1. The van der Waals surface area contributed by atoms with E-state index in [1.54, 1.807) is 0 Å². The molecule has 20 heavy (non-hydrogen) atoms. The fourth-order valence-corrected chi connectivity index (χ4v) is 2.22. The van der Waals surface area contributed by atoms with Crippen LogP contribution in [0.15, 0.2) is 12.1 Å². The molecule has 0 aliphatic heterocycles. The van der Waals surface area contributed by atoms with Crippen LogP contribution in [0.5, 0.6) is 5.75 Å². The molecule has 1 N–H and O–H groups in total. The second kappa shape index (κ2) is 5.16. The van der Waals surface area contributed by atoms with Crippen molar-refractivity contribution in [1.29, 1.82) is 0 Å². The SMILES string of the molecule is OC1c2c(C(F)(F)F)ccc(OCC(F)F)c2CC1F. The summed E-state index contributed by atoms with van der Waals surface area (Å²) >= 11 is 0. The molecular weight excluding hydrogens is 290 g/mol. The van der Waals surface area contributed by atoms with Crippen molar-refractivity contribution in [1.82, 2.24) is 0 Å².